The van der Waals surface area contributed by atoms with Crippen LogP contribution in [0, 0.1) is 5.82 Å². The normalized spacial score (nSPS) is 10.1. The summed E-state index contributed by atoms with van der Waals surface area (Å²) in [5.74, 6) is -0.837. The van der Waals surface area contributed by atoms with Crippen LogP contribution in [-0.4, -0.2) is 10.9 Å². The molecule has 0 fully saturated rings. The molecule has 16 heavy (non-hydrogen) atoms. The molecule has 0 unspecified atom stereocenters. The molecule has 6 heteroatoms. The molecule has 2 aromatic rings. The average Bonchev–Trinajstić information content (AvgIpc) is 2.75. The molecule has 0 bridgehead atoms. The minimum Gasteiger partial charge on any atom is -0.319 e. The van der Waals surface area contributed by atoms with Gasteiger partial charge in [0.15, 0.2) is 0 Å². The molecule has 0 aliphatic carbocycles. The van der Waals surface area contributed by atoms with Gasteiger partial charge in [0.1, 0.15) is 10.7 Å². The van der Waals surface area contributed by atoms with Gasteiger partial charge in [-0.1, -0.05) is 15.9 Å². The molecule has 0 aliphatic heterocycles. The van der Waals surface area contributed by atoms with E-state index in [1.807, 2.05) is 0 Å². The summed E-state index contributed by atoms with van der Waals surface area (Å²) in [5, 5.41) is 2.48. The minimum atomic E-state index is -0.479. The first-order valence-electron chi connectivity index (χ1n) is 4.32. The quantitative estimate of drug-likeness (QED) is 0.924. The molecule has 1 amide bonds. The summed E-state index contributed by atoms with van der Waals surface area (Å²) >= 11 is 4.34. The van der Waals surface area contributed by atoms with Crippen LogP contribution in [0.1, 0.15) is 9.67 Å². The summed E-state index contributed by atoms with van der Waals surface area (Å²) in [6.07, 6.45) is 1.44. The lowest BCUT2D eigenvalue weighted by atomic mass is 10.3. The highest BCUT2D eigenvalue weighted by molar-refractivity contribution is 9.10. The summed E-state index contributed by atoms with van der Waals surface area (Å²) in [5.41, 5.74) is 1.70. The van der Waals surface area contributed by atoms with Gasteiger partial charge in [-0.15, -0.1) is 11.3 Å². The van der Waals surface area contributed by atoms with E-state index in [0.717, 1.165) is 0 Å². The van der Waals surface area contributed by atoms with E-state index in [0.29, 0.717) is 9.35 Å². The molecule has 0 saturated carbocycles. The minimum absolute atomic E-state index is 0.154. The Labute approximate surface area is 103 Å². The Hall–Kier alpha value is -1.27. The van der Waals surface area contributed by atoms with Gasteiger partial charge in [-0.3, -0.25) is 9.78 Å². The van der Waals surface area contributed by atoms with E-state index in [1.165, 1.54) is 29.7 Å². The highest BCUT2D eigenvalue weighted by Gasteiger charge is 2.10. The van der Waals surface area contributed by atoms with Crippen LogP contribution >= 0.6 is 27.3 Å². The fraction of sp³-hybridized carbons (Fsp3) is 0. The second-order valence-corrected chi connectivity index (χ2v) is 4.75. The van der Waals surface area contributed by atoms with Gasteiger partial charge in [0.05, 0.1) is 17.4 Å². The van der Waals surface area contributed by atoms with Crippen molar-refractivity contribution in [2.24, 2.45) is 0 Å². The molecule has 1 aromatic heterocycles. The molecule has 1 aromatic carbocycles. The Bertz CT molecular complexity index is 516. The van der Waals surface area contributed by atoms with Crippen molar-refractivity contribution < 1.29 is 9.18 Å². The van der Waals surface area contributed by atoms with E-state index in [-0.39, 0.29) is 11.6 Å². The summed E-state index contributed by atoms with van der Waals surface area (Å²) in [4.78, 5) is 15.8. The van der Waals surface area contributed by atoms with Crippen LogP contribution in [0.3, 0.4) is 0 Å². The lowest BCUT2D eigenvalue weighted by Gasteiger charge is -2.04. The van der Waals surface area contributed by atoms with Crippen LogP contribution in [0.2, 0.25) is 0 Å². The number of amides is 1. The van der Waals surface area contributed by atoms with Gasteiger partial charge in [-0.25, -0.2) is 4.39 Å². The third-order valence-electron chi connectivity index (χ3n) is 1.84. The number of halogens is 2. The van der Waals surface area contributed by atoms with Crippen molar-refractivity contribution in [3.8, 4) is 0 Å². The van der Waals surface area contributed by atoms with Crippen molar-refractivity contribution in [1.82, 2.24) is 4.98 Å². The van der Waals surface area contributed by atoms with E-state index in [4.69, 9.17) is 0 Å². The Kier molecular flexibility index (Phi) is 3.31. The fourth-order valence-electron chi connectivity index (χ4n) is 1.10. The number of thiazole rings is 1. The van der Waals surface area contributed by atoms with Gasteiger partial charge in [0.25, 0.3) is 5.91 Å². The largest absolute Gasteiger partial charge is 0.319 e. The zero-order chi connectivity index (χ0) is 11.5. The van der Waals surface area contributed by atoms with Crippen molar-refractivity contribution in [2.75, 3.05) is 5.32 Å². The summed E-state index contributed by atoms with van der Waals surface area (Å²) < 4.78 is 14.0. The van der Waals surface area contributed by atoms with E-state index < -0.39 is 5.82 Å². The molecule has 0 saturated heterocycles. The van der Waals surface area contributed by atoms with Gasteiger partial charge in [-0.05, 0) is 18.2 Å². The molecular formula is C10H6BrFN2OS. The first-order valence-corrected chi connectivity index (χ1v) is 5.99. The van der Waals surface area contributed by atoms with Crippen LogP contribution in [0.4, 0.5) is 10.1 Å². The van der Waals surface area contributed by atoms with Crippen molar-refractivity contribution >= 4 is 38.9 Å². The lowest BCUT2D eigenvalue weighted by molar-refractivity contribution is 0.103. The molecule has 2 rings (SSSR count). The van der Waals surface area contributed by atoms with Crippen molar-refractivity contribution in [3.63, 3.8) is 0 Å². The number of carbonyl (C=O) groups is 1. The van der Waals surface area contributed by atoms with Gasteiger partial charge < -0.3 is 5.32 Å². The third-order valence-corrected chi connectivity index (χ3v) is 3.10. The summed E-state index contributed by atoms with van der Waals surface area (Å²) in [6, 6.07) is 4.45. The number of rotatable bonds is 2. The Morgan fingerprint density at radius 1 is 1.50 bits per heavy atom. The number of nitrogens with one attached hydrogen (secondary N) is 1. The Morgan fingerprint density at radius 3 is 2.94 bits per heavy atom. The number of nitrogens with zero attached hydrogens (tertiary/aromatic N) is 1. The van der Waals surface area contributed by atoms with E-state index in [9.17, 15) is 9.18 Å². The highest BCUT2D eigenvalue weighted by atomic mass is 79.9. The van der Waals surface area contributed by atoms with Crippen LogP contribution < -0.4 is 5.32 Å². The average molecular weight is 301 g/mol. The number of hydrogen-bond donors (Lipinski definition) is 1. The molecule has 0 spiro atoms. The lowest BCUT2D eigenvalue weighted by Crippen LogP contribution is -2.11. The molecule has 3 nitrogen and oxygen atoms in total. The van der Waals surface area contributed by atoms with Gasteiger partial charge in [0, 0.05) is 4.47 Å². The summed E-state index contributed by atoms with van der Waals surface area (Å²) in [7, 11) is 0. The second kappa shape index (κ2) is 4.71. The number of benzene rings is 1. The maximum Gasteiger partial charge on any atom is 0.267 e. The molecule has 0 radical (unpaired) electrons. The molecule has 82 valence electrons. The van der Waals surface area contributed by atoms with Gasteiger partial charge in [-0.2, -0.15) is 0 Å². The predicted octanol–water partition coefficient (Wildman–Crippen LogP) is 3.30. The monoisotopic (exact) mass is 300 g/mol. The SMILES string of the molecule is O=C(Nc1ccc(Br)cc1F)c1cncs1. The topological polar surface area (TPSA) is 42.0 Å². The van der Waals surface area contributed by atoms with Gasteiger partial charge >= 0.3 is 0 Å². The van der Waals surface area contributed by atoms with E-state index >= 15 is 0 Å². The molecular weight excluding hydrogens is 295 g/mol. The van der Waals surface area contributed by atoms with Crippen LogP contribution in [-0.2, 0) is 0 Å². The predicted molar refractivity (Wildman–Crippen MR) is 64.2 cm³/mol. The van der Waals surface area contributed by atoms with Crippen LogP contribution in [0.25, 0.3) is 0 Å². The van der Waals surface area contributed by atoms with Crippen LogP contribution in [0.15, 0.2) is 34.4 Å². The second-order valence-electron chi connectivity index (χ2n) is 2.94. The molecule has 1 N–H and O–H groups in total. The molecule has 0 atom stereocenters. The maximum absolute atomic E-state index is 13.4. The first-order chi connectivity index (χ1) is 7.66. The Balaban J connectivity index is 2.18. The zero-order valence-corrected chi connectivity index (χ0v) is 10.3. The zero-order valence-electron chi connectivity index (χ0n) is 7.91. The first kappa shape index (κ1) is 11.2. The van der Waals surface area contributed by atoms with Crippen molar-refractivity contribution in [3.05, 3.63) is 45.1 Å². The van der Waals surface area contributed by atoms with Gasteiger partial charge in [0.2, 0.25) is 0 Å². The van der Waals surface area contributed by atoms with E-state index in [2.05, 4.69) is 26.2 Å². The molecule has 1 heterocycles. The fourth-order valence-corrected chi connectivity index (χ4v) is 1.95. The number of aromatic nitrogens is 1. The highest BCUT2D eigenvalue weighted by Crippen LogP contribution is 2.20. The number of anilines is 1. The standard InChI is InChI=1S/C10H6BrFN2OS/c11-6-1-2-8(7(12)3-6)14-10(15)9-4-13-5-16-9/h1-5H,(H,14,15). The number of carbonyl (C=O) groups excluding carboxylic acids is 1. The van der Waals surface area contributed by atoms with Crippen molar-refractivity contribution in [1.29, 1.82) is 0 Å². The Morgan fingerprint density at radius 2 is 2.31 bits per heavy atom. The smallest absolute Gasteiger partial charge is 0.267 e. The third kappa shape index (κ3) is 2.45. The summed E-state index contributed by atoms with van der Waals surface area (Å²) in [6.45, 7) is 0. The maximum atomic E-state index is 13.4. The van der Waals surface area contributed by atoms with Crippen molar-refractivity contribution in [2.45, 2.75) is 0 Å². The number of hydrogen-bond acceptors (Lipinski definition) is 3. The van der Waals surface area contributed by atoms with E-state index in [1.54, 1.807) is 11.6 Å². The molecule has 0 aliphatic rings. The van der Waals surface area contributed by atoms with Crippen LogP contribution in [0.5, 0.6) is 0 Å².